The van der Waals surface area contributed by atoms with Crippen LogP contribution in [0.15, 0.2) is 16.7 Å². The number of aryl methyl sites for hydroxylation is 1. The highest BCUT2D eigenvalue weighted by molar-refractivity contribution is 7.13. The van der Waals surface area contributed by atoms with Gasteiger partial charge in [0.1, 0.15) is 0 Å². The molecule has 2 rings (SSSR count). The molecular formula is C12H14F3N3O2S. The van der Waals surface area contributed by atoms with E-state index in [0.29, 0.717) is 12.1 Å². The van der Waals surface area contributed by atoms with E-state index in [4.69, 9.17) is 0 Å². The van der Waals surface area contributed by atoms with E-state index in [0.717, 1.165) is 16.3 Å². The van der Waals surface area contributed by atoms with Crippen LogP contribution < -0.4 is 10.4 Å². The fraction of sp³-hybridized carbons (Fsp3) is 0.500. The molecule has 0 atom stereocenters. The number of nitrogens with one attached hydrogen (secondary N) is 1. The van der Waals surface area contributed by atoms with Crippen LogP contribution in [0, 0.1) is 0 Å². The lowest BCUT2D eigenvalue weighted by Gasteiger charge is -2.21. The maximum Gasteiger partial charge on any atom is 0.433 e. The molecule has 1 aromatic heterocycles. The maximum atomic E-state index is 13.3. The summed E-state index contributed by atoms with van der Waals surface area (Å²) in [5.41, 5.74) is 1.75. The Bertz CT molecular complexity index is 568. The Morgan fingerprint density at radius 1 is 1.52 bits per heavy atom. The van der Waals surface area contributed by atoms with Crippen LogP contribution in [0.1, 0.15) is 19.5 Å². The second-order valence-corrected chi connectivity index (χ2v) is 5.03. The van der Waals surface area contributed by atoms with E-state index in [1.54, 1.807) is 12.3 Å². The van der Waals surface area contributed by atoms with Crippen molar-refractivity contribution in [2.45, 2.75) is 26.4 Å². The van der Waals surface area contributed by atoms with Crippen molar-refractivity contribution in [1.82, 2.24) is 10.4 Å². The molecule has 1 aliphatic heterocycles. The van der Waals surface area contributed by atoms with Crippen LogP contribution >= 0.6 is 11.3 Å². The summed E-state index contributed by atoms with van der Waals surface area (Å²) in [6, 6.07) is 0. The highest BCUT2D eigenvalue weighted by atomic mass is 32.1. The number of nitrogens with zero attached hydrogens (tertiary/aromatic N) is 2. The third-order valence-corrected chi connectivity index (χ3v) is 3.68. The summed E-state index contributed by atoms with van der Waals surface area (Å²) in [4.78, 5) is 15.8. The van der Waals surface area contributed by atoms with Gasteiger partial charge in [0.15, 0.2) is 5.70 Å². The van der Waals surface area contributed by atoms with Crippen molar-refractivity contribution in [2.75, 3.05) is 18.2 Å². The second kappa shape index (κ2) is 6.02. The Morgan fingerprint density at radius 2 is 2.24 bits per heavy atom. The highest BCUT2D eigenvalue weighted by Crippen LogP contribution is 2.37. The number of anilines is 1. The van der Waals surface area contributed by atoms with Gasteiger partial charge in [-0.15, -0.1) is 11.3 Å². The number of hydrazine groups is 1. The van der Waals surface area contributed by atoms with Crippen LogP contribution in [-0.2, 0) is 16.0 Å². The van der Waals surface area contributed by atoms with Crippen molar-refractivity contribution >= 4 is 22.4 Å². The van der Waals surface area contributed by atoms with Gasteiger partial charge in [0.2, 0.25) is 5.13 Å². The Labute approximate surface area is 123 Å². The van der Waals surface area contributed by atoms with Crippen LogP contribution in [0.5, 0.6) is 0 Å². The lowest BCUT2D eigenvalue weighted by Crippen LogP contribution is -2.36. The minimum absolute atomic E-state index is 0.0186. The first-order chi connectivity index (χ1) is 9.88. The van der Waals surface area contributed by atoms with Gasteiger partial charge >= 0.3 is 12.1 Å². The summed E-state index contributed by atoms with van der Waals surface area (Å²) in [7, 11) is 0. The number of hydrogen-bond donors (Lipinski definition) is 1. The number of alkyl halides is 3. The Kier molecular flexibility index (Phi) is 4.52. The molecule has 0 unspecified atom stereocenters. The van der Waals surface area contributed by atoms with E-state index in [-0.39, 0.29) is 18.3 Å². The molecule has 1 aliphatic rings. The molecule has 21 heavy (non-hydrogen) atoms. The van der Waals surface area contributed by atoms with Crippen molar-refractivity contribution in [3.63, 3.8) is 0 Å². The third-order valence-electron chi connectivity index (χ3n) is 2.81. The highest BCUT2D eigenvalue weighted by Gasteiger charge is 2.47. The first kappa shape index (κ1) is 15.8. The van der Waals surface area contributed by atoms with Crippen molar-refractivity contribution in [1.29, 1.82) is 0 Å². The Balaban J connectivity index is 2.40. The van der Waals surface area contributed by atoms with Gasteiger partial charge in [0.05, 0.1) is 17.9 Å². The number of carbonyl (C=O) groups excluding carboxylic acids is 1. The van der Waals surface area contributed by atoms with E-state index < -0.39 is 23.4 Å². The lowest BCUT2D eigenvalue weighted by molar-refractivity contribution is -0.139. The second-order valence-electron chi connectivity index (χ2n) is 4.19. The Hall–Kier alpha value is -1.61. The van der Waals surface area contributed by atoms with E-state index in [2.05, 4.69) is 15.1 Å². The molecule has 1 N–H and O–H groups in total. The van der Waals surface area contributed by atoms with Crippen LogP contribution in [0.3, 0.4) is 0 Å². The zero-order valence-corrected chi connectivity index (χ0v) is 12.3. The van der Waals surface area contributed by atoms with Gasteiger partial charge in [0.25, 0.3) is 0 Å². The summed E-state index contributed by atoms with van der Waals surface area (Å²) in [5.74, 6) is -0.966. The molecule has 0 bridgehead atoms. The number of ether oxygens (including phenoxy) is 1. The minimum Gasteiger partial charge on any atom is -0.463 e. The maximum absolute atomic E-state index is 13.3. The molecule has 2 heterocycles. The summed E-state index contributed by atoms with van der Waals surface area (Å²) in [5, 5.41) is 2.65. The molecule has 1 aromatic rings. The molecule has 0 aromatic carbocycles. The smallest absolute Gasteiger partial charge is 0.433 e. The largest absolute Gasteiger partial charge is 0.463 e. The molecule has 0 saturated carbocycles. The summed E-state index contributed by atoms with van der Waals surface area (Å²) < 4.78 is 44.5. The summed E-state index contributed by atoms with van der Waals surface area (Å²) in [6.07, 6.45) is -4.05. The number of halogens is 3. The first-order valence-electron chi connectivity index (χ1n) is 6.34. The molecule has 0 fully saturated rings. The van der Waals surface area contributed by atoms with Crippen molar-refractivity contribution in [3.05, 3.63) is 22.3 Å². The molecule has 0 saturated heterocycles. The average molecular weight is 321 g/mol. The third kappa shape index (κ3) is 3.18. The number of hydrogen-bond acceptors (Lipinski definition) is 6. The number of allylic oxidation sites excluding steroid dienone is 1. The summed E-state index contributed by atoms with van der Waals surface area (Å²) >= 11 is 1.08. The predicted octanol–water partition coefficient (Wildman–Crippen LogP) is 2.41. The monoisotopic (exact) mass is 321 g/mol. The van der Waals surface area contributed by atoms with E-state index in [1.807, 2.05) is 6.92 Å². The van der Waals surface area contributed by atoms with Crippen molar-refractivity contribution in [2.24, 2.45) is 0 Å². The van der Waals surface area contributed by atoms with Crippen LogP contribution in [-0.4, -0.2) is 30.3 Å². The molecule has 9 heteroatoms. The topological polar surface area (TPSA) is 54.5 Å². The van der Waals surface area contributed by atoms with Gasteiger partial charge in [-0.25, -0.2) is 20.2 Å². The molecule has 116 valence electrons. The fourth-order valence-corrected chi connectivity index (χ4v) is 2.76. The first-order valence-corrected chi connectivity index (χ1v) is 7.21. The van der Waals surface area contributed by atoms with Gasteiger partial charge in [-0.2, -0.15) is 13.2 Å². The zero-order chi connectivity index (χ0) is 15.6. The Morgan fingerprint density at radius 3 is 2.76 bits per heavy atom. The zero-order valence-electron chi connectivity index (χ0n) is 11.5. The minimum atomic E-state index is -4.68. The number of aromatic nitrogens is 1. The van der Waals surface area contributed by atoms with E-state index in [9.17, 15) is 18.0 Å². The molecular weight excluding hydrogens is 307 g/mol. The lowest BCUT2D eigenvalue weighted by atomic mass is 10.2. The quantitative estimate of drug-likeness (QED) is 0.863. The van der Waals surface area contributed by atoms with Crippen LogP contribution in [0.2, 0.25) is 0 Å². The standard InChI is InChI=1S/C12H14F3N3O2S/c1-3-7-6-21-11(17-7)18-9(12(13,14)15)8(5-16-18)10(19)20-4-2/h6,16H,3-5H2,1-2H3. The van der Waals surface area contributed by atoms with Crippen molar-refractivity contribution < 1.29 is 22.7 Å². The molecule has 0 spiro atoms. The molecule has 0 aliphatic carbocycles. The van der Waals surface area contributed by atoms with Crippen molar-refractivity contribution in [3.8, 4) is 0 Å². The number of carbonyl (C=O) groups is 1. The molecule has 0 radical (unpaired) electrons. The normalized spacial score (nSPS) is 15.8. The fourth-order valence-electron chi connectivity index (χ4n) is 1.87. The van der Waals surface area contributed by atoms with Gasteiger partial charge in [-0.1, -0.05) is 6.92 Å². The molecule has 0 amide bonds. The number of esters is 1. The molecule has 5 nitrogen and oxygen atoms in total. The number of thiazole rings is 1. The van der Waals surface area contributed by atoms with Gasteiger partial charge in [-0.3, -0.25) is 0 Å². The van der Waals surface area contributed by atoms with Gasteiger partial charge in [0, 0.05) is 11.9 Å². The van der Waals surface area contributed by atoms with Crippen LogP contribution in [0.4, 0.5) is 18.3 Å². The summed E-state index contributed by atoms with van der Waals surface area (Å²) in [6.45, 7) is 3.18. The SMILES string of the molecule is CCOC(=O)C1=C(C(F)(F)F)N(c2nc(CC)cs2)NC1. The van der Waals surface area contributed by atoms with Gasteiger partial charge < -0.3 is 4.74 Å². The van der Waals surface area contributed by atoms with E-state index in [1.165, 1.54) is 0 Å². The van der Waals surface area contributed by atoms with E-state index >= 15 is 0 Å². The van der Waals surface area contributed by atoms with Gasteiger partial charge in [-0.05, 0) is 13.3 Å². The predicted molar refractivity (Wildman–Crippen MR) is 71.7 cm³/mol. The average Bonchev–Trinajstić information content (AvgIpc) is 3.04. The van der Waals surface area contributed by atoms with Crippen LogP contribution in [0.25, 0.3) is 0 Å². The number of rotatable bonds is 4.